The largest absolute Gasteiger partial charge is 0.379 e. The van der Waals surface area contributed by atoms with Gasteiger partial charge in [0.05, 0.1) is 32.4 Å². The zero-order valence-electron chi connectivity index (χ0n) is 49.5. The van der Waals surface area contributed by atoms with E-state index in [1.54, 1.807) is 6.92 Å². The number of epoxide rings is 1. The van der Waals surface area contributed by atoms with Crippen LogP contribution in [0.1, 0.15) is 103 Å². The highest BCUT2D eigenvalue weighted by Gasteiger charge is 2.50. The highest BCUT2D eigenvalue weighted by molar-refractivity contribution is 5.99. The predicted octanol–water partition coefficient (Wildman–Crippen LogP) is 4.96. The summed E-state index contributed by atoms with van der Waals surface area (Å²) >= 11 is 0. The summed E-state index contributed by atoms with van der Waals surface area (Å²) < 4.78 is 10.9. The topological polar surface area (TPSA) is 246 Å². The van der Waals surface area contributed by atoms with Gasteiger partial charge in [0, 0.05) is 25.9 Å². The van der Waals surface area contributed by atoms with E-state index in [9.17, 15) is 38.4 Å². The summed E-state index contributed by atoms with van der Waals surface area (Å²) in [4.78, 5) is 117. The van der Waals surface area contributed by atoms with Gasteiger partial charge in [-0.05, 0) is 91.9 Å². The molecule has 0 radical (unpaired) electrons. The lowest BCUT2D eigenvalue weighted by atomic mass is 9.93. The van der Waals surface area contributed by atoms with Gasteiger partial charge in [0.15, 0.2) is 5.78 Å². The molecule has 0 aliphatic carbocycles. The van der Waals surface area contributed by atoms with Gasteiger partial charge in [0.2, 0.25) is 41.4 Å². The SMILES string of the molecule is CC(C)C[C@H](NC(=O)[C@H](CCc1ccccc1)NC(=O)CN1CCOCC1)C(=O)N[C@@H](Cc1ccccc1)C(=O)N[C@@H](CCc1ccccc1)C(=O)N[C@@H](CC(C)C)C(=O)N[C@@H](Cc1ccccc1)C(=O)N[C@@H](CC(C)C)C(=O)C1(C)CO1. The van der Waals surface area contributed by atoms with E-state index >= 15 is 0 Å². The van der Waals surface area contributed by atoms with Crippen molar-refractivity contribution in [3.05, 3.63) is 144 Å². The Morgan fingerprint density at radius 1 is 0.434 bits per heavy atom. The number of aryl methyl sites for hydroxylation is 2. The fourth-order valence-corrected chi connectivity index (χ4v) is 10.1. The first kappa shape index (κ1) is 64.9. The normalized spacial score (nSPS) is 17.6. The van der Waals surface area contributed by atoms with E-state index in [4.69, 9.17) is 9.47 Å². The fraction of sp³-hybridized carbons (Fsp3) is 0.508. The van der Waals surface area contributed by atoms with E-state index in [-0.39, 0.29) is 81.1 Å². The molecule has 0 bridgehead atoms. The number of rotatable bonds is 33. The van der Waals surface area contributed by atoms with Crippen LogP contribution < -0.4 is 37.2 Å². The summed E-state index contributed by atoms with van der Waals surface area (Å²) in [5, 5.41) is 20.5. The Balaban J connectivity index is 1.24. The second-order valence-electron chi connectivity index (χ2n) is 23.6. The van der Waals surface area contributed by atoms with Crippen LogP contribution in [-0.4, -0.2) is 139 Å². The molecule has 4 aromatic rings. The first-order valence-corrected chi connectivity index (χ1v) is 29.5. The van der Waals surface area contributed by atoms with Gasteiger partial charge in [-0.2, -0.15) is 0 Å². The highest BCUT2D eigenvalue weighted by Crippen LogP contribution is 2.30. The molecule has 2 fully saturated rings. The molecule has 2 saturated heterocycles. The summed E-state index contributed by atoms with van der Waals surface area (Å²) in [6.45, 7) is 15.7. The number of carbonyl (C=O) groups excluding carboxylic acids is 8. The van der Waals surface area contributed by atoms with E-state index in [1.807, 2.05) is 168 Å². The number of nitrogens with zero attached hydrogens (tertiary/aromatic N) is 1. The summed E-state index contributed by atoms with van der Waals surface area (Å²) in [6.07, 6.45) is 2.02. The average molecular weight is 1140 g/mol. The molecule has 448 valence electrons. The van der Waals surface area contributed by atoms with Crippen LogP contribution in [-0.2, 0) is 73.5 Å². The molecule has 18 nitrogen and oxygen atoms in total. The molecule has 4 aromatic carbocycles. The van der Waals surface area contributed by atoms with Crippen molar-refractivity contribution >= 4 is 47.1 Å². The number of carbonyl (C=O) groups is 8. The van der Waals surface area contributed by atoms with Crippen LogP contribution >= 0.6 is 0 Å². The third-order valence-electron chi connectivity index (χ3n) is 14.8. The smallest absolute Gasteiger partial charge is 0.243 e. The van der Waals surface area contributed by atoms with Crippen LogP contribution in [0.4, 0.5) is 0 Å². The predicted molar refractivity (Wildman–Crippen MR) is 318 cm³/mol. The molecule has 7 N–H and O–H groups in total. The van der Waals surface area contributed by atoms with Crippen LogP contribution in [0.2, 0.25) is 0 Å². The van der Waals surface area contributed by atoms with Crippen molar-refractivity contribution in [3.8, 4) is 0 Å². The van der Waals surface area contributed by atoms with Gasteiger partial charge in [-0.1, -0.05) is 163 Å². The number of nitrogens with one attached hydrogen (secondary N) is 7. The number of Topliss-reactive ketones (excluding diaryl/α,β-unsaturated/α-hetero) is 1. The maximum absolute atomic E-state index is 14.9. The fourth-order valence-electron chi connectivity index (χ4n) is 10.1. The first-order valence-electron chi connectivity index (χ1n) is 29.5. The Hall–Kier alpha value is -7.28. The molecule has 0 spiro atoms. The second-order valence-corrected chi connectivity index (χ2v) is 23.6. The average Bonchev–Trinajstić information content (AvgIpc) is 4.04. The second kappa shape index (κ2) is 32.5. The molecular formula is C65H88N8O10. The van der Waals surface area contributed by atoms with E-state index in [0.717, 1.165) is 16.7 Å². The van der Waals surface area contributed by atoms with Gasteiger partial charge in [-0.15, -0.1) is 0 Å². The maximum atomic E-state index is 14.9. The van der Waals surface area contributed by atoms with Gasteiger partial charge < -0.3 is 46.7 Å². The third-order valence-corrected chi connectivity index (χ3v) is 14.8. The van der Waals surface area contributed by atoms with Crippen molar-refractivity contribution in [2.24, 2.45) is 17.8 Å². The highest BCUT2D eigenvalue weighted by atomic mass is 16.6. The molecule has 83 heavy (non-hydrogen) atoms. The molecule has 0 aromatic heterocycles. The van der Waals surface area contributed by atoms with Gasteiger partial charge in [-0.25, -0.2) is 0 Å². The molecule has 6 rings (SSSR count). The quantitative estimate of drug-likeness (QED) is 0.0315. The van der Waals surface area contributed by atoms with Crippen LogP contribution in [0.5, 0.6) is 0 Å². The Bertz CT molecular complexity index is 2720. The molecule has 0 saturated carbocycles. The van der Waals surface area contributed by atoms with Gasteiger partial charge >= 0.3 is 0 Å². The van der Waals surface area contributed by atoms with Crippen molar-refractivity contribution in [2.45, 2.75) is 154 Å². The van der Waals surface area contributed by atoms with E-state index < -0.39 is 83.3 Å². The maximum Gasteiger partial charge on any atom is 0.243 e. The van der Waals surface area contributed by atoms with E-state index in [2.05, 4.69) is 37.2 Å². The van der Waals surface area contributed by atoms with Gasteiger partial charge in [0.1, 0.15) is 41.9 Å². The number of hydrogen-bond acceptors (Lipinski definition) is 11. The number of ketones is 1. The van der Waals surface area contributed by atoms with Crippen LogP contribution in [0.15, 0.2) is 121 Å². The first-order chi connectivity index (χ1) is 39.7. The lowest BCUT2D eigenvalue weighted by molar-refractivity contribution is -0.136. The van der Waals surface area contributed by atoms with Crippen molar-refractivity contribution in [3.63, 3.8) is 0 Å². The Kier molecular flexibility index (Phi) is 25.4. The summed E-state index contributed by atoms with van der Waals surface area (Å²) in [5.41, 5.74) is 2.34. The van der Waals surface area contributed by atoms with Crippen molar-refractivity contribution in [2.75, 3.05) is 39.5 Å². The molecular weight excluding hydrogens is 1050 g/mol. The summed E-state index contributed by atoms with van der Waals surface area (Å²) in [7, 11) is 0. The summed E-state index contributed by atoms with van der Waals surface area (Å²) in [5.74, 6) is -4.45. The Morgan fingerprint density at radius 2 is 0.747 bits per heavy atom. The van der Waals surface area contributed by atoms with Crippen LogP contribution in [0.3, 0.4) is 0 Å². The van der Waals surface area contributed by atoms with Crippen molar-refractivity contribution < 1.29 is 47.8 Å². The number of benzene rings is 4. The Morgan fingerprint density at radius 3 is 1.13 bits per heavy atom. The van der Waals surface area contributed by atoms with Gasteiger partial charge in [0.25, 0.3) is 0 Å². The van der Waals surface area contributed by atoms with Crippen molar-refractivity contribution in [1.82, 2.24) is 42.1 Å². The number of ether oxygens (including phenoxy) is 2. The number of morpholine rings is 1. The molecule has 2 heterocycles. The molecule has 1 unspecified atom stereocenters. The zero-order chi connectivity index (χ0) is 59.9. The molecule has 8 atom stereocenters. The summed E-state index contributed by atoms with van der Waals surface area (Å²) in [6, 6.07) is 29.5. The standard InChI is InChI=1S/C65H88N8O10/c1-43(2)36-52(58(75)65(7)42-83-65)68-64(81)56(40-49-26-18-11-19-27-49)72-62(79)54(38-45(5)6)70-60(77)51(31-29-47-22-14-9-15-23-47)67-63(80)55(39-48-24-16-10-17-25-48)71-61(78)53(37-44(3)4)69-59(76)50(30-28-46-20-12-8-13-21-46)66-57(74)41-73-32-34-82-35-33-73/h8-27,43-45,50-56H,28-42H2,1-7H3,(H,66,74)(H,67,80)(H,68,81)(H,69,76)(H,70,77)(H,71,78)(H,72,79)/t50-,51-,52-,53-,54-,55-,56-,65?/m0/s1. The third kappa shape index (κ3) is 22.1. The van der Waals surface area contributed by atoms with E-state index in [0.29, 0.717) is 51.1 Å². The zero-order valence-corrected chi connectivity index (χ0v) is 49.5. The van der Waals surface area contributed by atoms with Gasteiger partial charge in [-0.3, -0.25) is 43.3 Å². The Labute approximate surface area is 490 Å². The number of hydrogen-bond donors (Lipinski definition) is 7. The minimum Gasteiger partial charge on any atom is -0.379 e. The van der Waals surface area contributed by atoms with Crippen molar-refractivity contribution in [1.29, 1.82) is 0 Å². The lowest BCUT2D eigenvalue weighted by Crippen LogP contribution is -2.61. The molecule has 2 aliphatic rings. The minimum absolute atomic E-state index is 0.0181. The van der Waals surface area contributed by atoms with Crippen LogP contribution in [0.25, 0.3) is 0 Å². The number of amides is 7. The lowest BCUT2D eigenvalue weighted by Gasteiger charge is -2.29. The monoisotopic (exact) mass is 1140 g/mol. The molecule has 18 heteroatoms. The molecule has 7 amide bonds. The van der Waals surface area contributed by atoms with E-state index in [1.165, 1.54) is 0 Å². The molecule has 2 aliphatic heterocycles. The minimum atomic E-state index is -1.25. The van der Waals surface area contributed by atoms with Crippen LogP contribution in [0, 0.1) is 17.8 Å².